The second-order valence-electron chi connectivity index (χ2n) is 4.49. The fourth-order valence-electron chi connectivity index (χ4n) is 1.85. The number of benzene rings is 2. The van der Waals surface area contributed by atoms with Gasteiger partial charge in [0.15, 0.2) is 16.8 Å². The zero-order valence-electron chi connectivity index (χ0n) is 11.2. The number of nitrogens with one attached hydrogen (secondary N) is 1. The number of nitrogens with zero attached hydrogens (tertiary/aromatic N) is 1. The summed E-state index contributed by atoms with van der Waals surface area (Å²) in [7, 11) is 0. The van der Waals surface area contributed by atoms with E-state index in [4.69, 9.17) is 0 Å². The zero-order chi connectivity index (χ0) is 15.5. The summed E-state index contributed by atoms with van der Waals surface area (Å²) in [5.41, 5.74) is 1.14. The molecule has 0 saturated carbocycles. The molecule has 1 heterocycles. The maximum absolute atomic E-state index is 13.2. The maximum atomic E-state index is 13.2. The second kappa shape index (κ2) is 6.11. The molecule has 0 aliphatic carbocycles. The predicted octanol–water partition coefficient (Wildman–Crippen LogP) is 3.86. The number of rotatable bonds is 2. The van der Waals surface area contributed by atoms with Crippen LogP contribution in [0.3, 0.4) is 0 Å². The summed E-state index contributed by atoms with van der Waals surface area (Å²) in [6.45, 7) is 0. The lowest BCUT2D eigenvalue weighted by molar-refractivity contribution is -0.115. The predicted molar refractivity (Wildman–Crippen MR) is 83.6 cm³/mol. The normalized spacial score (nSPS) is 18.0. The average molecular weight is 316 g/mol. The molecule has 0 spiro atoms. The minimum Gasteiger partial charge on any atom is -0.300 e. The third-order valence-electron chi connectivity index (χ3n) is 2.88. The van der Waals surface area contributed by atoms with E-state index in [0.29, 0.717) is 15.6 Å². The monoisotopic (exact) mass is 316 g/mol. The Kier molecular flexibility index (Phi) is 4.02. The van der Waals surface area contributed by atoms with E-state index < -0.39 is 11.6 Å². The van der Waals surface area contributed by atoms with Gasteiger partial charge in [-0.05, 0) is 47.7 Å². The Bertz CT molecular complexity index is 788. The van der Waals surface area contributed by atoms with Gasteiger partial charge in [-0.25, -0.2) is 13.8 Å². The summed E-state index contributed by atoms with van der Waals surface area (Å²) in [6.07, 6.45) is 1.50. The molecule has 2 aromatic carbocycles. The van der Waals surface area contributed by atoms with Gasteiger partial charge in [0.2, 0.25) is 0 Å². The van der Waals surface area contributed by atoms with Gasteiger partial charge in [-0.2, -0.15) is 0 Å². The molecule has 1 amide bonds. The molecule has 1 aliphatic rings. The topological polar surface area (TPSA) is 41.5 Å². The van der Waals surface area contributed by atoms with E-state index in [2.05, 4.69) is 10.3 Å². The van der Waals surface area contributed by atoms with Crippen molar-refractivity contribution in [1.29, 1.82) is 0 Å². The molecular formula is C16H10F2N2OS. The van der Waals surface area contributed by atoms with Crippen molar-refractivity contribution in [3.63, 3.8) is 0 Å². The molecule has 0 unspecified atom stereocenters. The van der Waals surface area contributed by atoms with Gasteiger partial charge in [-0.1, -0.05) is 24.3 Å². The van der Waals surface area contributed by atoms with Crippen molar-refractivity contribution in [2.24, 2.45) is 4.99 Å². The number of carbonyl (C=O) groups is 1. The molecule has 2 aromatic rings. The largest absolute Gasteiger partial charge is 0.300 e. The van der Waals surface area contributed by atoms with Crippen LogP contribution >= 0.6 is 11.8 Å². The summed E-state index contributed by atoms with van der Waals surface area (Å²) in [5, 5.41) is 3.09. The van der Waals surface area contributed by atoms with Crippen LogP contribution in [-0.2, 0) is 4.79 Å². The van der Waals surface area contributed by atoms with Crippen LogP contribution in [0.15, 0.2) is 58.4 Å². The van der Waals surface area contributed by atoms with Crippen LogP contribution in [0.5, 0.6) is 0 Å². The highest BCUT2D eigenvalue weighted by Gasteiger charge is 2.23. The van der Waals surface area contributed by atoms with Crippen LogP contribution in [0, 0.1) is 11.6 Å². The van der Waals surface area contributed by atoms with E-state index in [0.717, 1.165) is 29.6 Å². The molecule has 3 nitrogen and oxygen atoms in total. The van der Waals surface area contributed by atoms with E-state index in [-0.39, 0.29) is 5.91 Å². The molecule has 0 atom stereocenters. The molecule has 6 heteroatoms. The van der Waals surface area contributed by atoms with Gasteiger partial charge in [-0.3, -0.25) is 4.79 Å². The second-order valence-corrected chi connectivity index (χ2v) is 5.52. The minimum atomic E-state index is -0.948. The van der Waals surface area contributed by atoms with E-state index >= 15 is 0 Å². The number of hydrogen-bond acceptors (Lipinski definition) is 3. The number of carbonyl (C=O) groups excluding carboxylic acids is 1. The van der Waals surface area contributed by atoms with E-state index in [1.54, 1.807) is 0 Å². The Hall–Kier alpha value is -2.47. The van der Waals surface area contributed by atoms with Gasteiger partial charge in [0.05, 0.1) is 10.6 Å². The zero-order valence-corrected chi connectivity index (χ0v) is 12.0. The summed E-state index contributed by atoms with van der Waals surface area (Å²) in [5.74, 6) is -2.18. The smallest absolute Gasteiger partial charge is 0.264 e. The molecule has 1 N–H and O–H groups in total. The molecule has 22 heavy (non-hydrogen) atoms. The van der Waals surface area contributed by atoms with Crippen molar-refractivity contribution in [2.75, 3.05) is 0 Å². The first-order valence-electron chi connectivity index (χ1n) is 6.41. The number of para-hydroxylation sites is 1. The van der Waals surface area contributed by atoms with Gasteiger partial charge in [0.1, 0.15) is 0 Å². The number of amides is 1. The summed E-state index contributed by atoms with van der Waals surface area (Å²) >= 11 is 1.15. The highest BCUT2D eigenvalue weighted by atomic mass is 32.2. The van der Waals surface area contributed by atoms with Gasteiger partial charge >= 0.3 is 0 Å². The van der Waals surface area contributed by atoms with Crippen LogP contribution in [0.25, 0.3) is 6.08 Å². The minimum absolute atomic E-state index is 0.315. The lowest BCUT2D eigenvalue weighted by Gasteiger charge is -1.96. The van der Waals surface area contributed by atoms with Crippen LogP contribution < -0.4 is 5.32 Å². The highest BCUT2D eigenvalue weighted by Crippen LogP contribution is 2.28. The lowest BCUT2D eigenvalue weighted by Crippen LogP contribution is -2.19. The van der Waals surface area contributed by atoms with Gasteiger partial charge in [0, 0.05) is 0 Å². The quantitative estimate of drug-likeness (QED) is 0.855. The van der Waals surface area contributed by atoms with Crippen molar-refractivity contribution >= 4 is 34.6 Å². The molecule has 1 saturated heterocycles. The standard InChI is InChI=1S/C16H10F2N2OS/c17-12-7-6-10(8-13(12)18)9-14-15(21)20-16(22-14)19-11-4-2-1-3-5-11/h1-9H,(H,19,20,21)/b14-9+. The molecule has 0 aromatic heterocycles. The third kappa shape index (κ3) is 3.23. The van der Waals surface area contributed by atoms with Gasteiger partial charge in [-0.15, -0.1) is 0 Å². The summed E-state index contributed by atoms with van der Waals surface area (Å²) < 4.78 is 26.1. The lowest BCUT2D eigenvalue weighted by atomic mass is 10.2. The number of aliphatic imine (C=N–C) groups is 1. The molecule has 1 fully saturated rings. The Morgan fingerprint density at radius 2 is 1.82 bits per heavy atom. The number of halogens is 2. The van der Waals surface area contributed by atoms with E-state index in [1.807, 2.05) is 30.3 Å². The van der Waals surface area contributed by atoms with Crippen LogP contribution in [-0.4, -0.2) is 11.1 Å². The molecule has 0 radical (unpaired) electrons. The van der Waals surface area contributed by atoms with Crippen molar-refractivity contribution in [3.8, 4) is 0 Å². The first-order valence-corrected chi connectivity index (χ1v) is 7.23. The third-order valence-corrected chi connectivity index (χ3v) is 3.79. The average Bonchev–Trinajstić information content (AvgIpc) is 2.84. The SMILES string of the molecule is O=C1NC(=Nc2ccccc2)S/C1=C/c1ccc(F)c(F)c1. The van der Waals surface area contributed by atoms with Crippen LogP contribution in [0.4, 0.5) is 14.5 Å². The Balaban J connectivity index is 1.84. The first-order chi connectivity index (χ1) is 10.6. The highest BCUT2D eigenvalue weighted by molar-refractivity contribution is 8.18. The fourth-order valence-corrected chi connectivity index (χ4v) is 2.70. The van der Waals surface area contributed by atoms with Gasteiger partial charge in [0.25, 0.3) is 5.91 Å². The van der Waals surface area contributed by atoms with Crippen LogP contribution in [0.2, 0.25) is 0 Å². The molecule has 0 bridgehead atoms. The maximum Gasteiger partial charge on any atom is 0.264 e. The van der Waals surface area contributed by atoms with E-state index in [9.17, 15) is 13.6 Å². The molecule has 1 aliphatic heterocycles. The van der Waals surface area contributed by atoms with Crippen molar-refractivity contribution in [1.82, 2.24) is 5.32 Å². The first kappa shape index (κ1) is 14.5. The summed E-state index contributed by atoms with van der Waals surface area (Å²) in [6, 6.07) is 12.7. The van der Waals surface area contributed by atoms with Crippen molar-refractivity contribution in [3.05, 3.63) is 70.6 Å². The molecule has 3 rings (SSSR count). The number of hydrogen-bond donors (Lipinski definition) is 1. The molecular weight excluding hydrogens is 306 g/mol. The fraction of sp³-hybridized carbons (Fsp3) is 0. The number of thioether (sulfide) groups is 1. The molecule has 110 valence electrons. The Morgan fingerprint density at radius 3 is 2.55 bits per heavy atom. The summed E-state index contributed by atoms with van der Waals surface area (Å²) in [4.78, 5) is 16.6. The van der Waals surface area contributed by atoms with Gasteiger partial charge < -0.3 is 5.32 Å². The number of amidine groups is 1. The van der Waals surface area contributed by atoms with Crippen LogP contribution in [0.1, 0.15) is 5.56 Å². The Labute approximate surface area is 129 Å². The Morgan fingerprint density at radius 1 is 1.05 bits per heavy atom. The van der Waals surface area contributed by atoms with Crippen molar-refractivity contribution < 1.29 is 13.6 Å². The van der Waals surface area contributed by atoms with E-state index in [1.165, 1.54) is 12.1 Å². The van der Waals surface area contributed by atoms with Crippen molar-refractivity contribution in [2.45, 2.75) is 0 Å².